The Morgan fingerprint density at radius 1 is 1.40 bits per heavy atom. The third-order valence-electron chi connectivity index (χ3n) is 1.97. The van der Waals surface area contributed by atoms with Crippen LogP contribution >= 0.6 is 12.6 Å². The van der Waals surface area contributed by atoms with Gasteiger partial charge in [0.15, 0.2) is 0 Å². The second-order valence-electron chi connectivity index (χ2n) is 2.96. The summed E-state index contributed by atoms with van der Waals surface area (Å²) in [4.78, 5) is 13.6. The molecule has 0 amide bonds. The Morgan fingerprint density at radius 3 is 2.67 bits per heavy atom. The topological polar surface area (TPSA) is 69.9 Å². The number of hydrogen-bond acceptors (Lipinski definition) is 5. The number of aliphatic hydroxyl groups is 2. The molecule has 2 atom stereocenters. The molecule has 80 valence electrons. The van der Waals surface area contributed by atoms with Crippen LogP contribution in [0.5, 0.6) is 0 Å². The molecule has 0 saturated heterocycles. The molecule has 4 nitrogen and oxygen atoms in total. The summed E-state index contributed by atoms with van der Waals surface area (Å²) in [6, 6.07) is 6.52. The molecule has 15 heavy (non-hydrogen) atoms. The number of nitrogens with zero attached hydrogens (tertiary/aromatic N) is 1. The van der Waals surface area contributed by atoms with Crippen molar-refractivity contribution in [2.75, 3.05) is 5.75 Å². The SMILES string of the molecule is O=C=Nc1ccccc1C(O)C(O)CS. The molecule has 5 heteroatoms. The van der Waals surface area contributed by atoms with Crippen LogP contribution in [0.1, 0.15) is 11.7 Å². The number of rotatable bonds is 4. The molecule has 1 rings (SSSR count). The molecule has 0 heterocycles. The van der Waals surface area contributed by atoms with Crippen LogP contribution in [0.15, 0.2) is 29.3 Å². The van der Waals surface area contributed by atoms with E-state index in [0.29, 0.717) is 11.3 Å². The summed E-state index contributed by atoms with van der Waals surface area (Å²) >= 11 is 3.87. The predicted molar refractivity (Wildman–Crippen MR) is 59.0 cm³/mol. The average molecular weight is 225 g/mol. The van der Waals surface area contributed by atoms with Crippen LogP contribution in [0, 0.1) is 0 Å². The molecule has 1 aromatic carbocycles. The van der Waals surface area contributed by atoms with E-state index >= 15 is 0 Å². The van der Waals surface area contributed by atoms with Gasteiger partial charge in [0.2, 0.25) is 6.08 Å². The zero-order chi connectivity index (χ0) is 11.3. The quantitative estimate of drug-likeness (QED) is 0.406. The van der Waals surface area contributed by atoms with Gasteiger partial charge in [-0.25, -0.2) is 4.79 Å². The lowest BCUT2D eigenvalue weighted by Gasteiger charge is -2.17. The fourth-order valence-corrected chi connectivity index (χ4v) is 1.40. The Hall–Kier alpha value is -1.13. The van der Waals surface area contributed by atoms with Crippen molar-refractivity contribution in [1.29, 1.82) is 0 Å². The molecule has 0 fully saturated rings. The van der Waals surface area contributed by atoms with E-state index < -0.39 is 12.2 Å². The minimum Gasteiger partial charge on any atom is -0.389 e. The largest absolute Gasteiger partial charge is 0.389 e. The molecule has 0 aliphatic carbocycles. The summed E-state index contributed by atoms with van der Waals surface area (Å²) in [6.07, 6.45) is -0.691. The second-order valence-corrected chi connectivity index (χ2v) is 3.32. The van der Waals surface area contributed by atoms with Crippen LogP contribution in [0.2, 0.25) is 0 Å². The Kier molecular flexibility index (Phi) is 4.52. The predicted octanol–water partition coefficient (Wildman–Crippen LogP) is 0.978. The highest BCUT2D eigenvalue weighted by Crippen LogP contribution is 2.27. The minimum absolute atomic E-state index is 0.125. The average Bonchev–Trinajstić information content (AvgIpc) is 2.28. The molecule has 0 saturated carbocycles. The maximum absolute atomic E-state index is 10.1. The van der Waals surface area contributed by atoms with Gasteiger partial charge in [-0.05, 0) is 6.07 Å². The number of isocyanates is 1. The first-order valence-electron chi connectivity index (χ1n) is 4.34. The van der Waals surface area contributed by atoms with Gasteiger partial charge in [0.05, 0.1) is 11.8 Å². The lowest BCUT2D eigenvalue weighted by atomic mass is 10.0. The Bertz CT molecular complexity index is 377. The Balaban J connectivity index is 3.07. The number of aliphatic hydroxyl groups excluding tert-OH is 2. The normalized spacial score (nSPS) is 14.1. The first kappa shape index (κ1) is 11.9. The highest BCUT2D eigenvalue weighted by atomic mass is 32.1. The van der Waals surface area contributed by atoms with E-state index in [-0.39, 0.29) is 5.75 Å². The lowest BCUT2D eigenvalue weighted by molar-refractivity contribution is 0.0341. The van der Waals surface area contributed by atoms with Crippen LogP contribution in [-0.4, -0.2) is 28.1 Å². The molecule has 2 unspecified atom stereocenters. The highest BCUT2D eigenvalue weighted by Gasteiger charge is 2.19. The van der Waals surface area contributed by atoms with Crippen molar-refractivity contribution in [2.24, 2.45) is 4.99 Å². The van der Waals surface area contributed by atoms with Crippen molar-refractivity contribution in [3.63, 3.8) is 0 Å². The minimum atomic E-state index is -1.10. The van der Waals surface area contributed by atoms with Gasteiger partial charge in [-0.3, -0.25) is 0 Å². The maximum Gasteiger partial charge on any atom is 0.240 e. The van der Waals surface area contributed by atoms with Gasteiger partial charge < -0.3 is 10.2 Å². The smallest absolute Gasteiger partial charge is 0.240 e. The standard InChI is InChI=1S/C10H11NO3S/c12-6-11-8-4-2-1-3-7(8)10(14)9(13)5-15/h1-4,9-10,13-15H,5H2. The van der Waals surface area contributed by atoms with E-state index in [4.69, 9.17) is 0 Å². The van der Waals surface area contributed by atoms with Gasteiger partial charge in [-0.2, -0.15) is 17.6 Å². The fourth-order valence-electron chi connectivity index (χ4n) is 1.20. The number of benzene rings is 1. The molecule has 0 radical (unpaired) electrons. The summed E-state index contributed by atoms with van der Waals surface area (Å²) in [7, 11) is 0. The summed E-state index contributed by atoms with van der Waals surface area (Å²) in [5.74, 6) is 0.125. The molecule has 1 aromatic rings. The van der Waals surface area contributed by atoms with Gasteiger partial charge >= 0.3 is 0 Å². The monoisotopic (exact) mass is 225 g/mol. The fraction of sp³-hybridized carbons (Fsp3) is 0.300. The summed E-state index contributed by atoms with van der Waals surface area (Å²) in [6.45, 7) is 0. The maximum atomic E-state index is 10.1. The Morgan fingerprint density at radius 2 is 2.07 bits per heavy atom. The van der Waals surface area contributed by atoms with Crippen molar-refractivity contribution in [2.45, 2.75) is 12.2 Å². The van der Waals surface area contributed by atoms with Crippen molar-refractivity contribution in [3.8, 4) is 0 Å². The van der Waals surface area contributed by atoms with Crippen molar-refractivity contribution < 1.29 is 15.0 Å². The first-order valence-corrected chi connectivity index (χ1v) is 4.97. The van der Waals surface area contributed by atoms with Crippen molar-refractivity contribution in [3.05, 3.63) is 29.8 Å². The number of aliphatic imine (C=N–C) groups is 1. The number of thiol groups is 1. The molecular formula is C10H11NO3S. The molecule has 0 aliphatic rings. The molecule has 2 N–H and O–H groups in total. The number of para-hydroxylation sites is 1. The van der Waals surface area contributed by atoms with Gasteiger partial charge in [0.25, 0.3) is 0 Å². The molecule has 0 aliphatic heterocycles. The third-order valence-corrected chi connectivity index (χ3v) is 2.35. The van der Waals surface area contributed by atoms with E-state index in [2.05, 4.69) is 17.6 Å². The third kappa shape index (κ3) is 2.91. The lowest BCUT2D eigenvalue weighted by Crippen LogP contribution is -2.19. The van der Waals surface area contributed by atoms with Crippen LogP contribution in [0.3, 0.4) is 0 Å². The van der Waals surface area contributed by atoms with E-state index in [1.807, 2.05) is 0 Å². The molecule has 0 aromatic heterocycles. The zero-order valence-electron chi connectivity index (χ0n) is 7.87. The second kappa shape index (κ2) is 5.68. The summed E-state index contributed by atoms with van der Waals surface area (Å²) in [5, 5.41) is 19.1. The molecule has 0 bridgehead atoms. The summed E-state index contributed by atoms with van der Waals surface area (Å²) in [5.41, 5.74) is 0.697. The van der Waals surface area contributed by atoms with Crippen molar-refractivity contribution in [1.82, 2.24) is 0 Å². The summed E-state index contributed by atoms with van der Waals surface area (Å²) < 4.78 is 0. The van der Waals surface area contributed by atoms with Crippen LogP contribution in [0.25, 0.3) is 0 Å². The van der Waals surface area contributed by atoms with E-state index in [1.54, 1.807) is 24.3 Å². The zero-order valence-corrected chi connectivity index (χ0v) is 8.76. The number of hydrogen-bond donors (Lipinski definition) is 3. The molecule has 0 spiro atoms. The highest BCUT2D eigenvalue weighted by molar-refractivity contribution is 7.80. The molecular weight excluding hydrogens is 214 g/mol. The Labute approximate surface area is 92.7 Å². The van der Waals surface area contributed by atoms with Crippen LogP contribution in [0.4, 0.5) is 5.69 Å². The van der Waals surface area contributed by atoms with Crippen LogP contribution < -0.4 is 0 Å². The van der Waals surface area contributed by atoms with Gasteiger partial charge in [0.1, 0.15) is 6.10 Å². The van der Waals surface area contributed by atoms with Crippen LogP contribution in [-0.2, 0) is 4.79 Å². The van der Waals surface area contributed by atoms with E-state index in [0.717, 1.165) is 0 Å². The van der Waals surface area contributed by atoms with Gasteiger partial charge in [-0.15, -0.1) is 0 Å². The van der Waals surface area contributed by atoms with E-state index in [9.17, 15) is 15.0 Å². The first-order chi connectivity index (χ1) is 7.20. The van der Waals surface area contributed by atoms with Crippen molar-refractivity contribution >= 4 is 24.4 Å². The van der Waals surface area contributed by atoms with E-state index in [1.165, 1.54) is 6.08 Å². The van der Waals surface area contributed by atoms with Gasteiger partial charge in [0, 0.05) is 11.3 Å². The van der Waals surface area contributed by atoms with Gasteiger partial charge in [-0.1, -0.05) is 18.2 Å². The number of carbonyl (C=O) groups excluding carboxylic acids is 1.